The van der Waals surface area contributed by atoms with Gasteiger partial charge in [-0.25, -0.2) is 0 Å². The lowest BCUT2D eigenvalue weighted by atomic mass is 10.2. The standard InChI is InChI=1S/C7H12O/c1-4-6(3)7(8)5-2/h5,8H,2,4H2,1,3H3/b7-6-. The van der Waals surface area contributed by atoms with Crippen LogP contribution in [0, 0.1) is 0 Å². The van der Waals surface area contributed by atoms with E-state index in [1.165, 1.54) is 6.08 Å². The van der Waals surface area contributed by atoms with E-state index < -0.39 is 0 Å². The van der Waals surface area contributed by atoms with Gasteiger partial charge in [0.15, 0.2) is 0 Å². The Hall–Kier alpha value is -0.720. The van der Waals surface area contributed by atoms with Crippen LogP contribution in [0.3, 0.4) is 0 Å². The molecule has 46 valence electrons. The number of aliphatic hydroxyl groups is 1. The minimum absolute atomic E-state index is 0.313. The van der Waals surface area contributed by atoms with Crippen molar-refractivity contribution < 1.29 is 5.11 Å². The normalized spacial score (nSPS) is 12.8. The first-order valence-corrected chi connectivity index (χ1v) is 2.73. The molecular weight excluding hydrogens is 100 g/mol. The summed E-state index contributed by atoms with van der Waals surface area (Å²) in [5.41, 5.74) is 0.986. The summed E-state index contributed by atoms with van der Waals surface area (Å²) in [7, 11) is 0. The molecule has 0 fully saturated rings. The van der Waals surface area contributed by atoms with Crippen molar-refractivity contribution in [2.75, 3.05) is 0 Å². The van der Waals surface area contributed by atoms with Crippen molar-refractivity contribution in [1.29, 1.82) is 0 Å². The van der Waals surface area contributed by atoms with Crippen molar-refractivity contribution in [2.45, 2.75) is 20.3 Å². The van der Waals surface area contributed by atoms with E-state index >= 15 is 0 Å². The molecule has 0 aliphatic heterocycles. The third-order valence-electron chi connectivity index (χ3n) is 1.16. The van der Waals surface area contributed by atoms with Crippen molar-refractivity contribution in [3.8, 4) is 0 Å². The molecule has 0 heterocycles. The van der Waals surface area contributed by atoms with Gasteiger partial charge in [-0.05, 0) is 25.0 Å². The number of allylic oxidation sites excluding steroid dienone is 2. The molecule has 1 nitrogen and oxygen atoms in total. The van der Waals surface area contributed by atoms with Gasteiger partial charge < -0.3 is 5.11 Å². The molecule has 0 aliphatic carbocycles. The van der Waals surface area contributed by atoms with Crippen LogP contribution in [0.15, 0.2) is 24.0 Å². The Morgan fingerprint density at radius 1 is 1.75 bits per heavy atom. The van der Waals surface area contributed by atoms with Crippen LogP contribution in [-0.4, -0.2) is 5.11 Å². The summed E-state index contributed by atoms with van der Waals surface area (Å²) in [6, 6.07) is 0. The third-order valence-corrected chi connectivity index (χ3v) is 1.16. The van der Waals surface area contributed by atoms with Gasteiger partial charge in [0, 0.05) is 0 Å². The highest BCUT2D eigenvalue weighted by Gasteiger charge is 1.88. The number of rotatable bonds is 2. The summed E-state index contributed by atoms with van der Waals surface area (Å²) in [5.74, 6) is 0.313. The van der Waals surface area contributed by atoms with E-state index in [1.807, 2.05) is 13.8 Å². The molecule has 0 unspecified atom stereocenters. The molecule has 0 atom stereocenters. The van der Waals surface area contributed by atoms with E-state index in [-0.39, 0.29) is 0 Å². The molecule has 0 aromatic heterocycles. The van der Waals surface area contributed by atoms with Gasteiger partial charge in [0.1, 0.15) is 5.76 Å². The minimum Gasteiger partial charge on any atom is -0.508 e. The van der Waals surface area contributed by atoms with Crippen molar-refractivity contribution in [3.05, 3.63) is 24.0 Å². The van der Waals surface area contributed by atoms with Crippen LogP contribution in [0.2, 0.25) is 0 Å². The van der Waals surface area contributed by atoms with E-state index in [0.29, 0.717) is 5.76 Å². The Labute approximate surface area is 50.3 Å². The first kappa shape index (κ1) is 7.28. The average molecular weight is 112 g/mol. The fourth-order valence-electron chi connectivity index (χ4n) is 0.355. The summed E-state index contributed by atoms with van der Waals surface area (Å²) in [6.45, 7) is 7.30. The summed E-state index contributed by atoms with van der Waals surface area (Å²) >= 11 is 0. The fraction of sp³-hybridized carbons (Fsp3) is 0.429. The van der Waals surface area contributed by atoms with Crippen LogP contribution >= 0.6 is 0 Å². The first-order valence-electron chi connectivity index (χ1n) is 2.73. The maximum Gasteiger partial charge on any atom is 0.113 e. The molecule has 0 amide bonds. The van der Waals surface area contributed by atoms with Gasteiger partial charge in [0.25, 0.3) is 0 Å². The summed E-state index contributed by atoms with van der Waals surface area (Å²) in [5, 5.41) is 8.89. The van der Waals surface area contributed by atoms with E-state index in [9.17, 15) is 0 Å². The largest absolute Gasteiger partial charge is 0.508 e. The molecule has 0 rings (SSSR count). The van der Waals surface area contributed by atoms with Crippen LogP contribution in [0.25, 0.3) is 0 Å². The zero-order valence-corrected chi connectivity index (χ0v) is 5.44. The maximum atomic E-state index is 8.89. The van der Waals surface area contributed by atoms with Crippen LogP contribution in [0.1, 0.15) is 20.3 Å². The molecule has 0 saturated carbocycles. The lowest BCUT2D eigenvalue weighted by Gasteiger charge is -1.94. The van der Waals surface area contributed by atoms with Gasteiger partial charge >= 0.3 is 0 Å². The SMILES string of the molecule is C=C/C(O)=C(\C)CC. The molecular formula is C7H12O. The quantitative estimate of drug-likeness (QED) is 0.429. The van der Waals surface area contributed by atoms with Crippen molar-refractivity contribution in [3.63, 3.8) is 0 Å². The van der Waals surface area contributed by atoms with E-state index in [4.69, 9.17) is 5.11 Å². The molecule has 0 aromatic rings. The second-order valence-electron chi connectivity index (χ2n) is 1.72. The molecule has 0 bridgehead atoms. The zero-order valence-electron chi connectivity index (χ0n) is 5.44. The Morgan fingerprint density at radius 3 is 2.38 bits per heavy atom. The van der Waals surface area contributed by atoms with Crippen molar-refractivity contribution in [1.82, 2.24) is 0 Å². The molecule has 0 aromatic carbocycles. The topological polar surface area (TPSA) is 20.2 Å². The first-order chi connectivity index (χ1) is 3.72. The smallest absolute Gasteiger partial charge is 0.113 e. The Bertz CT molecular complexity index is 112. The van der Waals surface area contributed by atoms with E-state index in [0.717, 1.165) is 12.0 Å². The number of aliphatic hydroxyl groups excluding tert-OH is 1. The molecule has 0 saturated heterocycles. The predicted octanol–water partition coefficient (Wildman–Crippen LogP) is 2.41. The van der Waals surface area contributed by atoms with Gasteiger partial charge in [-0.3, -0.25) is 0 Å². The van der Waals surface area contributed by atoms with Gasteiger partial charge in [0.2, 0.25) is 0 Å². The summed E-state index contributed by atoms with van der Waals surface area (Å²) < 4.78 is 0. The molecule has 0 aliphatic rings. The fourth-order valence-corrected chi connectivity index (χ4v) is 0.355. The third kappa shape index (κ3) is 1.82. The highest BCUT2D eigenvalue weighted by atomic mass is 16.3. The summed E-state index contributed by atoms with van der Waals surface area (Å²) in [6.07, 6.45) is 2.34. The number of hydrogen-bond acceptors (Lipinski definition) is 1. The monoisotopic (exact) mass is 112 g/mol. The van der Waals surface area contributed by atoms with Crippen LogP contribution < -0.4 is 0 Å². The van der Waals surface area contributed by atoms with Crippen LogP contribution in [0.5, 0.6) is 0 Å². The Morgan fingerprint density at radius 2 is 2.25 bits per heavy atom. The lowest BCUT2D eigenvalue weighted by Crippen LogP contribution is -1.79. The van der Waals surface area contributed by atoms with Gasteiger partial charge in [-0.15, -0.1) is 0 Å². The van der Waals surface area contributed by atoms with E-state index in [1.54, 1.807) is 0 Å². The second kappa shape index (κ2) is 3.30. The predicted molar refractivity (Wildman–Crippen MR) is 35.8 cm³/mol. The molecule has 0 radical (unpaired) electrons. The van der Waals surface area contributed by atoms with Gasteiger partial charge in [-0.1, -0.05) is 13.5 Å². The van der Waals surface area contributed by atoms with Crippen molar-refractivity contribution in [2.24, 2.45) is 0 Å². The second-order valence-corrected chi connectivity index (χ2v) is 1.72. The molecule has 1 N–H and O–H groups in total. The van der Waals surface area contributed by atoms with Crippen molar-refractivity contribution >= 4 is 0 Å². The zero-order chi connectivity index (χ0) is 6.57. The minimum atomic E-state index is 0.313. The number of hydrogen-bond donors (Lipinski definition) is 1. The van der Waals surface area contributed by atoms with Crippen LogP contribution in [-0.2, 0) is 0 Å². The molecule has 1 heteroatoms. The Balaban J connectivity index is 4.03. The maximum absolute atomic E-state index is 8.89. The molecule has 8 heavy (non-hydrogen) atoms. The van der Waals surface area contributed by atoms with Crippen LogP contribution in [0.4, 0.5) is 0 Å². The Kier molecular flexibility index (Phi) is 3.01. The lowest BCUT2D eigenvalue weighted by molar-refractivity contribution is 0.424. The van der Waals surface area contributed by atoms with Gasteiger partial charge in [0.05, 0.1) is 0 Å². The van der Waals surface area contributed by atoms with Gasteiger partial charge in [-0.2, -0.15) is 0 Å². The highest BCUT2D eigenvalue weighted by molar-refractivity contribution is 5.14. The molecule has 0 spiro atoms. The van der Waals surface area contributed by atoms with E-state index in [2.05, 4.69) is 6.58 Å². The average Bonchev–Trinajstić information content (AvgIpc) is 1.84. The highest BCUT2D eigenvalue weighted by Crippen LogP contribution is 2.03. The summed E-state index contributed by atoms with van der Waals surface area (Å²) in [4.78, 5) is 0.